The highest BCUT2D eigenvalue weighted by Gasteiger charge is 2.34. The monoisotopic (exact) mass is 270 g/mol. The summed E-state index contributed by atoms with van der Waals surface area (Å²) in [6.07, 6.45) is 5.29. The molecule has 2 N–H and O–H groups in total. The van der Waals surface area contributed by atoms with Gasteiger partial charge in [-0.2, -0.15) is 0 Å². The van der Waals surface area contributed by atoms with Crippen molar-refractivity contribution in [3.05, 3.63) is 0 Å². The van der Waals surface area contributed by atoms with Crippen LogP contribution in [0.15, 0.2) is 0 Å². The van der Waals surface area contributed by atoms with Gasteiger partial charge >= 0.3 is 0 Å². The smallest absolute Gasteiger partial charge is 0.239 e. The van der Waals surface area contributed by atoms with Crippen molar-refractivity contribution in [2.24, 2.45) is 0 Å². The van der Waals surface area contributed by atoms with Gasteiger partial charge in [0.25, 0.3) is 0 Å². The lowest BCUT2D eigenvalue weighted by atomic mass is 10.00. The topological polar surface area (TPSA) is 52.6 Å². The Morgan fingerprint density at radius 2 is 1.95 bits per heavy atom. The predicted octanol–water partition coefficient (Wildman–Crippen LogP) is 1.92. The quantitative estimate of drug-likeness (QED) is 0.695. The Bertz CT molecular complexity index is 280. The first kappa shape index (κ1) is 16.4. The maximum Gasteiger partial charge on any atom is 0.239 e. The lowest BCUT2D eigenvalue weighted by Gasteiger charge is -2.39. The summed E-state index contributed by atoms with van der Waals surface area (Å²) in [5.41, 5.74) is -0.0609. The van der Waals surface area contributed by atoms with Crippen molar-refractivity contribution in [1.29, 1.82) is 0 Å². The summed E-state index contributed by atoms with van der Waals surface area (Å²) in [4.78, 5) is 14.1. The number of unbranched alkanes of at least 4 members (excludes halogenated alkanes) is 3. The third-order valence-electron chi connectivity index (χ3n) is 3.43. The van der Waals surface area contributed by atoms with E-state index in [1.165, 1.54) is 19.3 Å². The molecule has 0 aliphatic carbocycles. The minimum atomic E-state index is -0.320. The Kier molecular flexibility index (Phi) is 6.27. The van der Waals surface area contributed by atoms with Gasteiger partial charge in [-0.05, 0) is 27.2 Å². The van der Waals surface area contributed by atoms with Crippen molar-refractivity contribution in [3.8, 4) is 0 Å². The van der Waals surface area contributed by atoms with Crippen molar-refractivity contribution >= 4 is 5.91 Å². The molecule has 4 nitrogen and oxygen atoms in total. The van der Waals surface area contributed by atoms with Crippen molar-refractivity contribution in [2.75, 3.05) is 13.1 Å². The largest absolute Gasteiger partial charge is 0.389 e. The van der Waals surface area contributed by atoms with Gasteiger partial charge in [0.1, 0.15) is 0 Å². The molecule has 0 spiro atoms. The van der Waals surface area contributed by atoms with E-state index in [1.54, 1.807) is 4.90 Å². The molecule has 1 atom stereocenters. The number of aliphatic hydroxyl groups excluding tert-OH is 1. The molecule has 0 aromatic carbocycles. The minimum Gasteiger partial charge on any atom is -0.389 e. The van der Waals surface area contributed by atoms with Gasteiger partial charge in [0.2, 0.25) is 5.91 Å². The van der Waals surface area contributed by atoms with Crippen LogP contribution in [0.3, 0.4) is 0 Å². The lowest BCUT2D eigenvalue weighted by molar-refractivity contribution is -0.144. The van der Waals surface area contributed by atoms with Crippen LogP contribution in [-0.4, -0.2) is 46.7 Å². The van der Waals surface area contributed by atoms with Crippen molar-refractivity contribution in [1.82, 2.24) is 10.2 Å². The Labute approximate surface area is 117 Å². The molecule has 0 bridgehead atoms. The van der Waals surface area contributed by atoms with Crippen molar-refractivity contribution in [2.45, 2.75) is 77.5 Å². The molecule has 1 heterocycles. The first-order chi connectivity index (χ1) is 8.83. The zero-order valence-electron chi connectivity index (χ0n) is 12.9. The number of carbonyl (C=O) groups is 1. The number of β-amino-alcohol motifs (C(OH)–C–C–N with tert-alkyl or cyclic N) is 1. The molecule has 1 rings (SSSR count). The fourth-order valence-corrected chi connectivity index (χ4v) is 2.41. The van der Waals surface area contributed by atoms with Gasteiger partial charge in [0.05, 0.1) is 12.1 Å². The van der Waals surface area contributed by atoms with E-state index in [0.29, 0.717) is 13.1 Å². The number of aliphatic hydroxyl groups is 1. The predicted molar refractivity (Wildman–Crippen MR) is 78.0 cm³/mol. The van der Waals surface area contributed by atoms with Gasteiger partial charge < -0.3 is 15.3 Å². The van der Waals surface area contributed by atoms with E-state index >= 15 is 0 Å². The van der Waals surface area contributed by atoms with Crippen LogP contribution in [0.5, 0.6) is 0 Å². The summed E-state index contributed by atoms with van der Waals surface area (Å²) >= 11 is 0. The third-order valence-corrected chi connectivity index (χ3v) is 3.43. The summed E-state index contributed by atoms with van der Waals surface area (Å²) in [5.74, 6) is 0.150. The fourth-order valence-electron chi connectivity index (χ4n) is 2.41. The number of carbonyl (C=O) groups excluding carboxylic acids is 1. The number of nitrogens with zero attached hydrogens (tertiary/aromatic N) is 1. The summed E-state index contributed by atoms with van der Waals surface area (Å²) in [5, 5.41) is 12.7. The normalized spacial score (nSPS) is 18.3. The average Bonchev–Trinajstić information content (AvgIpc) is 2.26. The first-order valence-corrected chi connectivity index (χ1v) is 7.58. The number of nitrogens with one attached hydrogen (secondary N) is 1. The molecule has 1 unspecified atom stereocenters. The Morgan fingerprint density at radius 3 is 2.42 bits per heavy atom. The Hall–Kier alpha value is -0.610. The van der Waals surface area contributed by atoms with Crippen LogP contribution in [0.4, 0.5) is 0 Å². The van der Waals surface area contributed by atoms with Crippen LogP contribution in [0.1, 0.15) is 59.8 Å². The van der Waals surface area contributed by atoms with Gasteiger partial charge in [-0.3, -0.25) is 4.79 Å². The molecule has 1 fully saturated rings. The van der Waals surface area contributed by atoms with Gasteiger partial charge in [0.15, 0.2) is 0 Å². The number of likely N-dealkylation sites (tertiary alicyclic amines) is 1. The maximum absolute atomic E-state index is 12.4. The lowest BCUT2D eigenvalue weighted by Crippen LogP contribution is -2.60. The Morgan fingerprint density at radius 1 is 1.32 bits per heavy atom. The number of rotatable bonds is 7. The van der Waals surface area contributed by atoms with E-state index in [1.807, 2.05) is 0 Å². The average molecular weight is 270 g/mol. The van der Waals surface area contributed by atoms with Crippen LogP contribution in [0.2, 0.25) is 0 Å². The van der Waals surface area contributed by atoms with Gasteiger partial charge in [-0.25, -0.2) is 0 Å². The van der Waals surface area contributed by atoms with Crippen molar-refractivity contribution < 1.29 is 9.90 Å². The highest BCUT2D eigenvalue weighted by molar-refractivity contribution is 5.82. The van der Waals surface area contributed by atoms with E-state index in [0.717, 1.165) is 12.8 Å². The molecule has 0 aromatic rings. The number of amides is 1. The van der Waals surface area contributed by atoms with Crippen LogP contribution in [0, 0.1) is 0 Å². The SMILES string of the molecule is CCCCCCC(NC(C)(C)C)C(=O)N1CC(O)C1. The van der Waals surface area contributed by atoms with E-state index in [2.05, 4.69) is 33.0 Å². The van der Waals surface area contributed by atoms with Gasteiger partial charge in [-0.1, -0.05) is 32.6 Å². The molecule has 0 aromatic heterocycles. The fraction of sp³-hybridized carbons (Fsp3) is 0.933. The van der Waals surface area contributed by atoms with Gasteiger partial charge in [0, 0.05) is 18.6 Å². The van der Waals surface area contributed by atoms with Crippen LogP contribution >= 0.6 is 0 Å². The maximum atomic E-state index is 12.4. The van der Waals surface area contributed by atoms with Gasteiger partial charge in [-0.15, -0.1) is 0 Å². The molecule has 0 saturated carbocycles. The molecule has 1 saturated heterocycles. The first-order valence-electron chi connectivity index (χ1n) is 7.58. The number of hydrogen-bond donors (Lipinski definition) is 2. The molecule has 4 heteroatoms. The Balaban J connectivity index is 2.46. The van der Waals surface area contributed by atoms with E-state index in [9.17, 15) is 9.90 Å². The minimum absolute atomic E-state index is 0.0609. The second-order valence-electron chi connectivity index (χ2n) is 6.69. The molecule has 0 radical (unpaired) electrons. The molecule has 19 heavy (non-hydrogen) atoms. The third kappa shape index (κ3) is 5.91. The molecule has 1 aliphatic rings. The van der Waals surface area contributed by atoms with Crippen LogP contribution in [-0.2, 0) is 4.79 Å². The van der Waals surface area contributed by atoms with E-state index in [-0.39, 0.29) is 23.6 Å². The van der Waals surface area contributed by atoms with E-state index in [4.69, 9.17) is 0 Å². The zero-order valence-corrected chi connectivity index (χ0v) is 12.9. The second kappa shape index (κ2) is 7.25. The highest BCUT2D eigenvalue weighted by atomic mass is 16.3. The zero-order chi connectivity index (χ0) is 14.5. The second-order valence-corrected chi connectivity index (χ2v) is 6.69. The summed E-state index contributed by atoms with van der Waals surface area (Å²) in [6, 6.07) is -0.107. The van der Waals surface area contributed by atoms with Crippen LogP contribution in [0.25, 0.3) is 0 Å². The van der Waals surface area contributed by atoms with Crippen molar-refractivity contribution in [3.63, 3.8) is 0 Å². The molecule has 112 valence electrons. The molecular weight excluding hydrogens is 240 g/mol. The van der Waals surface area contributed by atoms with E-state index < -0.39 is 0 Å². The summed E-state index contributed by atoms with van der Waals surface area (Å²) in [7, 11) is 0. The van der Waals surface area contributed by atoms with Crippen LogP contribution < -0.4 is 5.32 Å². The molecule has 1 aliphatic heterocycles. The standard InChI is InChI=1S/C15H30N2O2/c1-5-6-7-8-9-13(16-15(2,3)4)14(19)17-10-12(18)11-17/h12-13,16,18H,5-11H2,1-4H3. The molecule has 1 amide bonds. The summed E-state index contributed by atoms with van der Waals surface area (Å²) in [6.45, 7) is 9.45. The molecular formula is C15H30N2O2. The summed E-state index contributed by atoms with van der Waals surface area (Å²) < 4.78 is 0. The number of hydrogen-bond acceptors (Lipinski definition) is 3. The highest BCUT2D eigenvalue weighted by Crippen LogP contribution is 2.15.